The largest absolute Gasteiger partial charge is 0.476 e. The number of nitrogens with zero attached hydrogens (tertiary/aromatic N) is 2. The summed E-state index contributed by atoms with van der Waals surface area (Å²) in [7, 11) is 0. The predicted molar refractivity (Wildman–Crippen MR) is 73.6 cm³/mol. The van der Waals surface area contributed by atoms with Gasteiger partial charge in [-0.2, -0.15) is 0 Å². The molecule has 2 N–H and O–H groups in total. The fourth-order valence-corrected chi connectivity index (χ4v) is 2.38. The Morgan fingerprint density at radius 2 is 2.21 bits per heavy atom. The van der Waals surface area contributed by atoms with Crippen LogP contribution in [0.15, 0.2) is 6.20 Å². The number of rotatable bonds is 5. The van der Waals surface area contributed by atoms with Gasteiger partial charge in [-0.25, -0.2) is 14.8 Å². The van der Waals surface area contributed by atoms with E-state index in [1.807, 2.05) is 13.8 Å². The lowest BCUT2D eigenvalue weighted by atomic mass is 9.74. The Labute approximate surface area is 113 Å². The van der Waals surface area contributed by atoms with E-state index < -0.39 is 5.97 Å². The number of hydrogen-bond acceptors (Lipinski definition) is 4. The molecule has 1 heterocycles. The molecule has 0 radical (unpaired) electrons. The van der Waals surface area contributed by atoms with Crippen molar-refractivity contribution in [2.24, 2.45) is 0 Å². The zero-order chi connectivity index (χ0) is 14.0. The number of nitrogens with one attached hydrogen (secondary N) is 1. The molecule has 1 aromatic heterocycles. The highest BCUT2D eigenvalue weighted by molar-refractivity contribution is 5.91. The van der Waals surface area contributed by atoms with Gasteiger partial charge in [0.05, 0.1) is 11.9 Å². The van der Waals surface area contributed by atoms with E-state index in [2.05, 4.69) is 22.2 Å². The Balaban J connectivity index is 2.31. The number of carboxylic acids is 1. The Hall–Kier alpha value is -1.65. The summed E-state index contributed by atoms with van der Waals surface area (Å²) in [6, 6.07) is 0. The van der Waals surface area contributed by atoms with E-state index in [9.17, 15) is 9.90 Å². The Bertz CT molecular complexity index is 476. The van der Waals surface area contributed by atoms with Crippen molar-refractivity contribution in [1.29, 1.82) is 0 Å². The normalized spacial score (nSPS) is 17.1. The molecule has 2 rings (SSSR count). The SMILES string of the molecule is CCC1(Nc2cnc(C(C)C)nc2C(=O)O)CCC1. The highest BCUT2D eigenvalue weighted by atomic mass is 16.4. The molecule has 1 aliphatic rings. The minimum absolute atomic E-state index is 0.0346. The van der Waals surface area contributed by atoms with E-state index in [0.29, 0.717) is 11.5 Å². The topological polar surface area (TPSA) is 75.1 Å². The molecule has 5 heteroatoms. The maximum absolute atomic E-state index is 11.3. The zero-order valence-corrected chi connectivity index (χ0v) is 11.7. The Kier molecular flexibility index (Phi) is 3.73. The summed E-state index contributed by atoms with van der Waals surface area (Å²) in [5, 5.41) is 12.7. The van der Waals surface area contributed by atoms with Gasteiger partial charge >= 0.3 is 5.97 Å². The summed E-state index contributed by atoms with van der Waals surface area (Å²) < 4.78 is 0. The molecule has 1 fully saturated rings. The first-order valence-electron chi connectivity index (χ1n) is 6.86. The lowest BCUT2D eigenvalue weighted by Crippen LogP contribution is -2.44. The van der Waals surface area contributed by atoms with Crippen molar-refractivity contribution in [1.82, 2.24) is 9.97 Å². The second-order valence-electron chi connectivity index (χ2n) is 5.56. The fourth-order valence-electron chi connectivity index (χ4n) is 2.38. The average Bonchev–Trinajstić information content (AvgIpc) is 2.33. The van der Waals surface area contributed by atoms with E-state index in [-0.39, 0.29) is 17.2 Å². The predicted octanol–water partition coefficient (Wildman–Crippen LogP) is 3.04. The van der Waals surface area contributed by atoms with Crippen LogP contribution < -0.4 is 5.32 Å². The van der Waals surface area contributed by atoms with Crippen LogP contribution in [0.2, 0.25) is 0 Å². The molecule has 0 saturated heterocycles. The van der Waals surface area contributed by atoms with Gasteiger partial charge in [0, 0.05) is 11.5 Å². The van der Waals surface area contributed by atoms with Gasteiger partial charge in [0.25, 0.3) is 0 Å². The molecule has 0 aliphatic heterocycles. The van der Waals surface area contributed by atoms with Crippen LogP contribution in [0.3, 0.4) is 0 Å². The molecule has 1 aromatic rings. The molecule has 5 nitrogen and oxygen atoms in total. The second-order valence-corrected chi connectivity index (χ2v) is 5.56. The van der Waals surface area contributed by atoms with Crippen LogP contribution in [0.4, 0.5) is 5.69 Å². The second kappa shape index (κ2) is 5.15. The van der Waals surface area contributed by atoms with Crippen LogP contribution in [0, 0.1) is 0 Å². The third kappa shape index (κ3) is 2.69. The first-order valence-corrected chi connectivity index (χ1v) is 6.86. The molecule has 0 atom stereocenters. The third-order valence-electron chi connectivity index (χ3n) is 3.91. The lowest BCUT2D eigenvalue weighted by Gasteiger charge is -2.43. The van der Waals surface area contributed by atoms with Crippen LogP contribution in [0.25, 0.3) is 0 Å². The maximum atomic E-state index is 11.3. The van der Waals surface area contributed by atoms with Gasteiger partial charge < -0.3 is 10.4 Å². The summed E-state index contributed by atoms with van der Waals surface area (Å²) in [6.07, 6.45) is 5.94. The zero-order valence-electron chi connectivity index (χ0n) is 11.7. The molecular formula is C14H21N3O2. The molecule has 0 spiro atoms. The number of anilines is 1. The average molecular weight is 263 g/mol. The highest BCUT2D eigenvalue weighted by Crippen LogP contribution is 2.38. The summed E-state index contributed by atoms with van der Waals surface area (Å²) in [5.74, 6) is -0.310. The van der Waals surface area contributed by atoms with Crippen molar-refractivity contribution in [3.05, 3.63) is 17.7 Å². The van der Waals surface area contributed by atoms with Gasteiger partial charge in [-0.1, -0.05) is 20.8 Å². The van der Waals surface area contributed by atoms with Gasteiger partial charge in [-0.05, 0) is 25.7 Å². The van der Waals surface area contributed by atoms with E-state index >= 15 is 0 Å². The summed E-state index contributed by atoms with van der Waals surface area (Å²) in [6.45, 7) is 6.02. The van der Waals surface area contributed by atoms with Gasteiger partial charge in [0.15, 0.2) is 5.69 Å². The molecule has 0 bridgehead atoms. The van der Waals surface area contributed by atoms with Crippen molar-refractivity contribution >= 4 is 11.7 Å². The number of aromatic carboxylic acids is 1. The van der Waals surface area contributed by atoms with Gasteiger partial charge in [-0.15, -0.1) is 0 Å². The van der Waals surface area contributed by atoms with Crippen molar-refractivity contribution in [2.45, 2.75) is 57.9 Å². The lowest BCUT2D eigenvalue weighted by molar-refractivity contribution is 0.0690. The number of aromatic nitrogens is 2. The minimum Gasteiger partial charge on any atom is -0.476 e. The molecular weight excluding hydrogens is 242 g/mol. The maximum Gasteiger partial charge on any atom is 0.356 e. The molecule has 1 aliphatic carbocycles. The standard InChI is InChI=1S/C14H21N3O2/c1-4-14(6-5-7-14)17-10-8-15-12(9(2)3)16-11(10)13(18)19/h8-9,17H,4-7H2,1-3H3,(H,18,19). The molecule has 0 amide bonds. The first-order chi connectivity index (χ1) is 8.97. The van der Waals surface area contributed by atoms with Crippen molar-refractivity contribution in [3.8, 4) is 0 Å². The van der Waals surface area contributed by atoms with Crippen LogP contribution in [0.5, 0.6) is 0 Å². The van der Waals surface area contributed by atoms with Crippen molar-refractivity contribution in [2.75, 3.05) is 5.32 Å². The smallest absolute Gasteiger partial charge is 0.356 e. The van der Waals surface area contributed by atoms with Gasteiger partial charge in [0.1, 0.15) is 5.82 Å². The number of hydrogen-bond donors (Lipinski definition) is 2. The van der Waals surface area contributed by atoms with Crippen molar-refractivity contribution < 1.29 is 9.90 Å². The monoisotopic (exact) mass is 263 g/mol. The molecule has 104 valence electrons. The minimum atomic E-state index is -1.00. The quantitative estimate of drug-likeness (QED) is 0.854. The Morgan fingerprint density at radius 1 is 1.53 bits per heavy atom. The Morgan fingerprint density at radius 3 is 2.63 bits per heavy atom. The fraction of sp³-hybridized carbons (Fsp3) is 0.643. The van der Waals surface area contributed by atoms with Gasteiger partial charge in [-0.3, -0.25) is 0 Å². The molecule has 0 aromatic carbocycles. The molecule has 19 heavy (non-hydrogen) atoms. The van der Waals surface area contributed by atoms with E-state index in [1.165, 1.54) is 6.42 Å². The summed E-state index contributed by atoms with van der Waals surface area (Å²) in [4.78, 5) is 19.8. The summed E-state index contributed by atoms with van der Waals surface area (Å²) in [5.41, 5.74) is 0.657. The van der Waals surface area contributed by atoms with Crippen LogP contribution >= 0.6 is 0 Å². The van der Waals surface area contributed by atoms with E-state index in [0.717, 1.165) is 19.3 Å². The van der Waals surface area contributed by atoms with Crippen molar-refractivity contribution in [3.63, 3.8) is 0 Å². The summed E-state index contributed by atoms with van der Waals surface area (Å²) >= 11 is 0. The van der Waals surface area contributed by atoms with E-state index in [1.54, 1.807) is 6.20 Å². The number of carboxylic acid groups (broad SMARTS) is 1. The van der Waals surface area contributed by atoms with Crippen LogP contribution in [0.1, 0.15) is 68.7 Å². The highest BCUT2D eigenvalue weighted by Gasteiger charge is 2.36. The molecule has 1 saturated carbocycles. The van der Waals surface area contributed by atoms with E-state index in [4.69, 9.17) is 0 Å². The van der Waals surface area contributed by atoms with Crippen LogP contribution in [-0.4, -0.2) is 26.6 Å². The number of carbonyl (C=O) groups is 1. The molecule has 0 unspecified atom stereocenters. The first kappa shape index (κ1) is 13.8. The van der Waals surface area contributed by atoms with Crippen LogP contribution in [-0.2, 0) is 0 Å². The third-order valence-corrected chi connectivity index (χ3v) is 3.91. The van der Waals surface area contributed by atoms with Gasteiger partial charge in [0.2, 0.25) is 0 Å².